The number of ether oxygens (including phenoxy) is 2. The molecule has 3 fully saturated rings. The number of hydrogen-bond acceptors (Lipinski definition) is 8. The molecule has 0 saturated carbocycles. The van der Waals surface area contributed by atoms with Crippen LogP contribution in [0.5, 0.6) is 0 Å². The van der Waals surface area contributed by atoms with E-state index >= 15 is 0 Å². The number of halogens is 1. The average molecular weight is 552 g/mol. The first-order valence-corrected chi connectivity index (χ1v) is 13.7. The van der Waals surface area contributed by atoms with Crippen molar-refractivity contribution in [2.45, 2.75) is 37.4 Å². The Bertz CT molecular complexity index is 1220. The van der Waals surface area contributed by atoms with E-state index in [1.54, 1.807) is 18.1 Å². The van der Waals surface area contributed by atoms with Crippen LogP contribution in [0.15, 0.2) is 48.7 Å². The molecular formula is C29H34ClN5O4. The van der Waals surface area contributed by atoms with Gasteiger partial charge in [0.2, 0.25) is 0 Å². The molecule has 1 aromatic carbocycles. The van der Waals surface area contributed by atoms with E-state index in [9.17, 15) is 14.9 Å². The Morgan fingerprint density at radius 1 is 1.21 bits per heavy atom. The number of carbonyl (C=O) groups is 2. The molecule has 3 saturated heterocycles. The number of aromatic nitrogens is 1. The molecule has 2 aromatic rings. The van der Waals surface area contributed by atoms with Crippen LogP contribution in [0.4, 0.5) is 4.79 Å². The molecule has 4 unspecified atom stereocenters. The highest BCUT2D eigenvalue weighted by Gasteiger charge is 2.49. The number of benzene rings is 1. The van der Waals surface area contributed by atoms with E-state index in [0.717, 1.165) is 11.3 Å². The summed E-state index contributed by atoms with van der Waals surface area (Å²) in [4.78, 5) is 33.5. The molecule has 5 rings (SSSR count). The van der Waals surface area contributed by atoms with E-state index in [1.807, 2.05) is 49.4 Å². The van der Waals surface area contributed by atoms with Crippen LogP contribution in [-0.2, 0) is 14.3 Å². The van der Waals surface area contributed by atoms with Gasteiger partial charge >= 0.3 is 6.09 Å². The SMILES string of the molecule is CN(C(=O)OCC1(C)COC1)[C@@H]1C(C(=O)C2CC(c3ccccn3)NCC2C#N)NC[C@H]1c1ccc(Cl)cc1. The molecule has 0 bridgehead atoms. The third kappa shape index (κ3) is 5.80. The number of ketones is 1. The number of nitriles is 1. The van der Waals surface area contributed by atoms with Gasteiger partial charge in [0.15, 0.2) is 5.78 Å². The molecule has 206 valence electrons. The largest absolute Gasteiger partial charge is 0.449 e. The first-order valence-electron chi connectivity index (χ1n) is 13.3. The summed E-state index contributed by atoms with van der Waals surface area (Å²) in [6.07, 6.45) is 1.70. The van der Waals surface area contributed by atoms with Gasteiger partial charge in [-0.05, 0) is 36.2 Å². The summed E-state index contributed by atoms with van der Waals surface area (Å²) in [6, 6.07) is 14.2. The standard InChI is InChI=1S/C29H34ClN5O4/c1-29(15-38-16-29)17-39-28(37)35(2)26-22(18-6-8-20(30)9-7-18)14-34-25(26)27(36)21-11-24(33-13-19(21)12-31)23-5-3-4-10-32-23/h3-10,19,21-22,24-26,33-34H,11,13-17H2,1-2H3/t19?,21?,22-,24?,25?,26-/m0/s1. The zero-order valence-corrected chi connectivity index (χ0v) is 22.9. The van der Waals surface area contributed by atoms with Gasteiger partial charge in [-0.15, -0.1) is 0 Å². The number of rotatable bonds is 7. The second kappa shape index (κ2) is 11.6. The van der Waals surface area contributed by atoms with Gasteiger partial charge in [0.05, 0.1) is 49.0 Å². The molecule has 6 atom stereocenters. The second-order valence-electron chi connectivity index (χ2n) is 11.2. The van der Waals surface area contributed by atoms with Gasteiger partial charge in [0, 0.05) is 48.6 Å². The van der Waals surface area contributed by atoms with E-state index < -0.39 is 30.0 Å². The Balaban J connectivity index is 1.40. The van der Waals surface area contributed by atoms with Crippen LogP contribution in [-0.4, -0.2) is 73.8 Å². The van der Waals surface area contributed by atoms with Crippen molar-refractivity contribution in [3.8, 4) is 6.07 Å². The Morgan fingerprint density at radius 2 is 1.97 bits per heavy atom. The van der Waals surface area contributed by atoms with Crippen molar-refractivity contribution in [3.05, 3.63) is 64.9 Å². The van der Waals surface area contributed by atoms with Crippen molar-refractivity contribution in [3.63, 3.8) is 0 Å². The second-order valence-corrected chi connectivity index (χ2v) is 11.6. The molecule has 9 nitrogen and oxygen atoms in total. The molecule has 10 heteroatoms. The van der Waals surface area contributed by atoms with Crippen molar-refractivity contribution < 1.29 is 19.1 Å². The van der Waals surface area contributed by atoms with Crippen LogP contribution >= 0.6 is 11.6 Å². The van der Waals surface area contributed by atoms with Crippen molar-refractivity contribution in [1.82, 2.24) is 20.5 Å². The first-order chi connectivity index (χ1) is 18.8. The Labute approximate surface area is 233 Å². The van der Waals surface area contributed by atoms with Crippen molar-refractivity contribution in [1.29, 1.82) is 5.26 Å². The van der Waals surface area contributed by atoms with Crippen LogP contribution < -0.4 is 10.6 Å². The zero-order chi connectivity index (χ0) is 27.6. The monoisotopic (exact) mass is 551 g/mol. The number of pyridine rings is 1. The van der Waals surface area contributed by atoms with Crippen LogP contribution in [0.2, 0.25) is 5.02 Å². The van der Waals surface area contributed by atoms with Crippen LogP contribution in [0.1, 0.15) is 36.6 Å². The van der Waals surface area contributed by atoms with Gasteiger partial charge in [0.25, 0.3) is 0 Å². The lowest BCUT2D eigenvalue weighted by Crippen LogP contribution is -2.55. The molecule has 0 radical (unpaired) electrons. The molecule has 1 amide bonds. The minimum absolute atomic E-state index is 0.0653. The number of piperidine rings is 1. The molecule has 1 aromatic heterocycles. The van der Waals surface area contributed by atoms with Crippen LogP contribution in [0, 0.1) is 28.6 Å². The smallest absolute Gasteiger partial charge is 0.409 e. The van der Waals surface area contributed by atoms with Crippen LogP contribution in [0.3, 0.4) is 0 Å². The number of nitrogens with one attached hydrogen (secondary N) is 2. The zero-order valence-electron chi connectivity index (χ0n) is 22.2. The lowest BCUT2D eigenvalue weighted by molar-refractivity contribution is -0.130. The van der Waals surface area contributed by atoms with Gasteiger partial charge < -0.3 is 25.0 Å². The van der Waals surface area contributed by atoms with E-state index in [-0.39, 0.29) is 29.8 Å². The summed E-state index contributed by atoms with van der Waals surface area (Å²) < 4.78 is 11.0. The van der Waals surface area contributed by atoms with Gasteiger partial charge in [-0.3, -0.25) is 9.78 Å². The minimum atomic E-state index is -0.658. The summed E-state index contributed by atoms with van der Waals surface area (Å²) >= 11 is 6.14. The molecular weight excluding hydrogens is 518 g/mol. The number of amides is 1. The summed E-state index contributed by atoms with van der Waals surface area (Å²) in [6.45, 7) is 4.25. The van der Waals surface area contributed by atoms with Gasteiger partial charge in [-0.2, -0.15) is 5.26 Å². The normalized spacial score (nSPS) is 29.6. The van der Waals surface area contributed by atoms with E-state index in [0.29, 0.717) is 37.7 Å². The third-order valence-electron chi connectivity index (χ3n) is 8.23. The minimum Gasteiger partial charge on any atom is -0.449 e. The number of carbonyl (C=O) groups excluding carboxylic acids is 2. The fourth-order valence-electron chi connectivity index (χ4n) is 5.91. The number of hydrogen-bond donors (Lipinski definition) is 2. The average Bonchev–Trinajstić information content (AvgIpc) is 3.39. The molecule has 4 heterocycles. The highest BCUT2D eigenvalue weighted by atomic mass is 35.5. The summed E-state index contributed by atoms with van der Waals surface area (Å²) in [5.41, 5.74) is 1.63. The summed E-state index contributed by atoms with van der Waals surface area (Å²) in [7, 11) is 1.68. The van der Waals surface area contributed by atoms with Crippen molar-refractivity contribution >= 4 is 23.5 Å². The van der Waals surface area contributed by atoms with Crippen molar-refractivity contribution in [2.75, 3.05) is 40.0 Å². The molecule has 2 N–H and O–H groups in total. The van der Waals surface area contributed by atoms with E-state index in [1.165, 1.54) is 0 Å². The van der Waals surface area contributed by atoms with Gasteiger partial charge in [-0.1, -0.05) is 36.7 Å². The predicted octanol–water partition coefficient (Wildman–Crippen LogP) is 3.32. The lowest BCUT2D eigenvalue weighted by Gasteiger charge is -2.39. The van der Waals surface area contributed by atoms with Crippen LogP contribution in [0.25, 0.3) is 0 Å². The maximum Gasteiger partial charge on any atom is 0.409 e. The topological polar surface area (TPSA) is 117 Å². The van der Waals surface area contributed by atoms with E-state index in [4.69, 9.17) is 21.1 Å². The Kier molecular flexibility index (Phi) is 8.19. The highest BCUT2D eigenvalue weighted by Crippen LogP contribution is 2.37. The number of likely N-dealkylation sites (N-methyl/N-ethyl adjacent to an activating group) is 1. The molecule has 0 aliphatic carbocycles. The third-order valence-corrected chi connectivity index (χ3v) is 8.48. The lowest BCUT2D eigenvalue weighted by atomic mass is 9.76. The summed E-state index contributed by atoms with van der Waals surface area (Å²) in [5, 5.41) is 17.3. The Hall–Kier alpha value is -3.03. The van der Waals surface area contributed by atoms with Gasteiger partial charge in [-0.25, -0.2) is 4.79 Å². The maximum absolute atomic E-state index is 14.2. The summed E-state index contributed by atoms with van der Waals surface area (Å²) in [5.74, 6) is -1.22. The molecule has 39 heavy (non-hydrogen) atoms. The fourth-order valence-corrected chi connectivity index (χ4v) is 6.04. The number of Topliss-reactive ketones (excluding diaryl/α,β-unsaturated/α-hetero) is 1. The maximum atomic E-state index is 14.2. The molecule has 3 aliphatic rings. The quantitative estimate of drug-likeness (QED) is 0.538. The Morgan fingerprint density at radius 3 is 2.62 bits per heavy atom. The van der Waals surface area contributed by atoms with Crippen molar-refractivity contribution in [2.24, 2.45) is 17.3 Å². The molecule has 3 aliphatic heterocycles. The number of nitrogens with zero attached hydrogens (tertiary/aromatic N) is 3. The predicted molar refractivity (Wildman–Crippen MR) is 145 cm³/mol. The first kappa shape index (κ1) is 27.5. The highest BCUT2D eigenvalue weighted by molar-refractivity contribution is 6.30. The van der Waals surface area contributed by atoms with Gasteiger partial charge in [0.1, 0.15) is 6.61 Å². The fraction of sp³-hybridized carbons (Fsp3) is 0.517. The van der Waals surface area contributed by atoms with E-state index in [2.05, 4.69) is 21.7 Å². The molecule has 0 spiro atoms.